The largest absolute Gasteiger partial charge is 0.422 e. The number of hydrogen-bond donors (Lipinski definition) is 0. The van der Waals surface area contributed by atoms with E-state index in [-0.39, 0.29) is 0 Å². The monoisotopic (exact) mass is 264 g/mol. The Morgan fingerprint density at radius 3 is 3.22 bits per heavy atom. The van der Waals surface area contributed by atoms with E-state index in [0.29, 0.717) is 28.3 Å². The van der Waals surface area contributed by atoms with Crippen LogP contribution in [0, 0.1) is 0 Å². The van der Waals surface area contributed by atoms with Gasteiger partial charge in [0.2, 0.25) is 5.65 Å². The van der Waals surface area contributed by atoms with E-state index >= 15 is 0 Å². The molecule has 1 unspecified atom stereocenters. The topological polar surface area (TPSA) is 45.4 Å². The lowest BCUT2D eigenvalue weighted by molar-refractivity contribution is 0.304. The number of hydrogen-bond acceptors (Lipinski definition) is 5. The molecule has 2 saturated heterocycles. The van der Waals surface area contributed by atoms with Crippen molar-refractivity contribution in [3.8, 4) is 0 Å². The first-order valence-electron chi connectivity index (χ1n) is 6.21. The lowest BCUT2D eigenvalue weighted by atomic mass is 10.2. The molecule has 2 aromatic rings. The van der Waals surface area contributed by atoms with E-state index in [1.807, 2.05) is 0 Å². The van der Waals surface area contributed by atoms with Crippen LogP contribution in [0.4, 0.5) is 6.01 Å². The Balaban J connectivity index is 1.73. The number of fused-ring (bicyclic) bond motifs is 3. The SMILES string of the molecule is Clc1cnc2nc(N3CCN4CC[C@H]3C4)oc2c1. The number of aromatic nitrogens is 2. The number of anilines is 1. The molecule has 0 N–H and O–H groups in total. The molecule has 4 heterocycles. The summed E-state index contributed by atoms with van der Waals surface area (Å²) in [6, 6.07) is 2.99. The summed E-state index contributed by atoms with van der Waals surface area (Å²) in [5.41, 5.74) is 1.30. The second-order valence-corrected chi connectivity index (χ2v) is 5.34. The Bertz CT molecular complexity index is 599. The predicted molar refractivity (Wildman–Crippen MR) is 69.0 cm³/mol. The zero-order valence-corrected chi connectivity index (χ0v) is 10.6. The average molecular weight is 265 g/mol. The fourth-order valence-electron chi connectivity index (χ4n) is 2.86. The van der Waals surface area contributed by atoms with Gasteiger partial charge in [-0.2, -0.15) is 4.98 Å². The lowest BCUT2D eigenvalue weighted by Gasteiger charge is -2.32. The van der Waals surface area contributed by atoms with Crippen LogP contribution in [-0.2, 0) is 0 Å². The molecule has 0 radical (unpaired) electrons. The van der Waals surface area contributed by atoms with Crippen LogP contribution in [-0.4, -0.2) is 47.1 Å². The van der Waals surface area contributed by atoms with Crippen molar-refractivity contribution in [1.29, 1.82) is 0 Å². The summed E-state index contributed by atoms with van der Waals surface area (Å²) in [5.74, 6) is 0. The van der Waals surface area contributed by atoms with Crippen LogP contribution in [0.5, 0.6) is 0 Å². The lowest BCUT2D eigenvalue weighted by Crippen LogP contribution is -2.46. The maximum absolute atomic E-state index is 5.91. The Morgan fingerprint density at radius 1 is 1.33 bits per heavy atom. The zero-order valence-electron chi connectivity index (χ0n) is 9.84. The third-order valence-corrected chi connectivity index (χ3v) is 4.00. The van der Waals surface area contributed by atoms with Gasteiger partial charge in [0.1, 0.15) is 0 Å². The smallest absolute Gasteiger partial charge is 0.300 e. The van der Waals surface area contributed by atoms with Crippen molar-refractivity contribution < 1.29 is 4.42 Å². The molecule has 6 heteroatoms. The second kappa shape index (κ2) is 3.83. The van der Waals surface area contributed by atoms with Gasteiger partial charge in [-0.05, 0) is 6.42 Å². The Morgan fingerprint density at radius 2 is 2.28 bits per heavy atom. The summed E-state index contributed by atoms with van der Waals surface area (Å²) >= 11 is 5.91. The molecule has 0 saturated carbocycles. The first-order chi connectivity index (χ1) is 8.79. The molecule has 2 aliphatic rings. The summed E-state index contributed by atoms with van der Waals surface area (Å²) in [7, 11) is 0. The summed E-state index contributed by atoms with van der Waals surface area (Å²) in [6.45, 7) is 4.37. The fraction of sp³-hybridized carbons (Fsp3) is 0.500. The molecule has 0 aromatic carbocycles. The summed E-state index contributed by atoms with van der Waals surface area (Å²) in [5, 5.41) is 0.580. The highest BCUT2D eigenvalue weighted by Gasteiger charge is 2.34. The van der Waals surface area contributed by atoms with Crippen molar-refractivity contribution >= 4 is 28.8 Å². The Hall–Kier alpha value is -1.33. The van der Waals surface area contributed by atoms with Gasteiger partial charge >= 0.3 is 0 Å². The summed E-state index contributed by atoms with van der Waals surface area (Å²) < 4.78 is 5.79. The van der Waals surface area contributed by atoms with Crippen LogP contribution in [0.3, 0.4) is 0 Å². The zero-order chi connectivity index (χ0) is 12.1. The molecule has 2 bridgehead atoms. The molecule has 94 valence electrons. The van der Waals surface area contributed by atoms with Crippen LogP contribution < -0.4 is 4.90 Å². The molecule has 0 spiro atoms. The highest BCUT2D eigenvalue weighted by atomic mass is 35.5. The van der Waals surface area contributed by atoms with Gasteiger partial charge in [-0.15, -0.1) is 0 Å². The van der Waals surface area contributed by atoms with Crippen LogP contribution >= 0.6 is 11.6 Å². The van der Waals surface area contributed by atoms with Crippen molar-refractivity contribution in [3.63, 3.8) is 0 Å². The molecule has 2 aliphatic heterocycles. The fourth-order valence-corrected chi connectivity index (χ4v) is 3.01. The number of halogens is 1. The number of pyridine rings is 1. The van der Waals surface area contributed by atoms with Gasteiger partial charge in [-0.3, -0.25) is 4.90 Å². The van der Waals surface area contributed by atoms with Crippen molar-refractivity contribution in [2.45, 2.75) is 12.5 Å². The molecule has 2 aromatic heterocycles. The van der Waals surface area contributed by atoms with Crippen molar-refractivity contribution in [3.05, 3.63) is 17.3 Å². The highest BCUT2D eigenvalue weighted by molar-refractivity contribution is 6.30. The standard InChI is InChI=1S/C12H13ClN4O/c13-8-5-10-11(14-6-8)15-12(18-10)17-4-3-16-2-1-9(17)7-16/h5-6,9H,1-4,7H2/t9-/m0/s1. The van der Waals surface area contributed by atoms with Crippen molar-refractivity contribution in [2.75, 3.05) is 31.1 Å². The predicted octanol–water partition coefficient (Wildman–Crippen LogP) is 1.77. The number of oxazole rings is 1. The molecule has 4 rings (SSSR count). The van der Waals surface area contributed by atoms with Gasteiger partial charge in [0.05, 0.1) is 5.02 Å². The molecule has 2 fully saturated rings. The first-order valence-corrected chi connectivity index (χ1v) is 6.58. The molecule has 18 heavy (non-hydrogen) atoms. The van der Waals surface area contributed by atoms with Crippen molar-refractivity contribution in [1.82, 2.24) is 14.9 Å². The Labute approximate surface area is 109 Å². The normalized spacial score (nSPS) is 27.1. The third-order valence-electron chi connectivity index (χ3n) is 3.79. The molecular formula is C12H13ClN4O. The minimum absolute atomic E-state index is 0.530. The van der Waals surface area contributed by atoms with Gasteiger partial charge in [0, 0.05) is 44.5 Å². The number of rotatable bonds is 1. The quantitative estimate of drug-likeness (QED) is 0.786. The minimum atomic E-state index is 0.530. The van der Waals surface area contributed by atoms with Gasteiger partial charge in [0.15, 0.2) is 5.58 Å². The van der Waals surface area contributed by atoms with Gasteiger partial charge < -0.3 is 9.32 Å². The Kier molecular flexibility index (Phi) is 2.25. The number of piperazine rings is 1. The van der Waals surface area contributed by atoms with E-state index in [0.717, 1.165) is 19.6 Å². The van der Waals surface area contributed by atoms with Crippen LogP contribution in [0.2, 0.25) is 5.02 Å². The molecular weight excluding hydrogens is 252 g/mol. The van der Waals surface area contributed by atoms with Crippen LogP contribution in [0.1, 0.15) is 6.42 Å². The van der Waals surface area contributed by atoms with Crippen LogP contribution in [0.15, 0.2) is 16.7 Å². The minimum Gasteiger partial charge on any atom is -0.422 e. The van der Waals surface area contributed by atoms with E-state index < -0.39 is 0 Å². The maximum Gasteiger partial charge on any atom is 0.300 e. The summed E-state index contributed by atoms with van der Waals surface area (Å²) in [4.78, 5) is 13.4. The van der Waals surface area contributed by atoms with Gasteiger partial charge in [-0.25, -0.2) is 4.98 Å². The first kappa shape index (κ1) is 10.6. The third kappa shape index (κ3) is 1.58. The van der Waals surface area contributed by atoms with Gasteiger partial charge in [0.25, 0.3) is 6.01 Å². The highest BCUT2D eigenvalue weighted by Crippen LogP contribution is 2.29. The molecule has 2 atom stereocenters. The van der Waals surface area contributed by atoms with E-state index in [4.69, 9.17) is 16.0 Å². The van der Waals surface area contributed by atoms with E-state index in [2.05, 4.69) is 19.8 Å². The van der Waals surface area contributed by atoms with Gasteiger partial charge in [-0.1, -0.05) is 11.6 Å². The van der Waals surface area contributed by atoms with E-state index in [1.165, 1.54) is 13.0 Å². The average Bonchev–Trinajstić information content (AvgIpc) is 2.94. The van der Waals surface area contributed by atoms with Crippen molar-refractivity contribution in [2.24, 2.45) is 0 Å². The molecule has 0 amide bonds. The molecule has 0 aliphatic carbocycles. The van der Waals surface area contributed by atoms with E-state index in [1.54, 1.807) is 12.3 Å². The maximum atomic E-state index is 5.91. The van der Waals surface area contributed by atoms with Crippen LogP contribution in [0.25, 0.3) is 11.2 Å². The molecule has 5 nitrogen and oxygen atoms in total. The summed E-state index contributed by atoms with van der Waals surface area (Å²) in [6.07, 6.45) is 2.79. The second-order valence-electron chi connectivity index (χ2n) is 4.91. The van der Waals surface area contributed by atoms with E-state index in [9.17, 15) is 0 Å². The number of nitrogens with zero attached hydrogens (tertiary/aromatic N) is 4.